The molecule has 0 fully saturated rings. The van der Waals surface area contributed by atoms with Crippen LogP contribution in [0.25, 0.3) is 0 Å². The summed E-state index contributed by atoms with van der Waals surface area (Å²) in [7, 11) is -1.98. The largest absolute Gasteiger partial charge is 0.726 e. The molecular formula is C36H73NO7S. The normalized spacial score (nSPS) is 12.5. The van der Waals surface area contributed by atoms with Gasteiger partial charge in [-0.3, -0.25) is 4.18 Å². The number of hydrogen-bond donors (Lipinski definition) is 1. The molecule has 0 bridgehead atoms. The molecule has 45 heavy (non-hydrogen) atoms. The van der Waals surface area contributed by atoms with Crippen molar-refractivity contribution in [3.05, 3.63) is 0 Å². The van der Waals surface area contributed by atoms with Crippen molar-refractivity contribution in [3.63, 3.8) is 0 Å². The lowest BCUT2D eigenvalue weighted by atomic mass is 10.0. The van der Waals surface area contributed by atoms with E-state index < -0.39 is 21.1 Å². The third-order valence-electron chi connectivity index (χ3n) is 8.98. The number of imide groups is 1. The molecule has 0 aliphatic rings. The smallest absolute Gasteiger partial charge is 0.323 e. The Morgan fingerprint density at radius 1 is 0.578 bits per heavy atom. The third kappa shape index (κ3) is 29.0. The lowest BCUT2D eigenvalue weighted by molar-refractivity contribution is -0.810. The molecular weight excluding hydrogens is 590 g/mol. The van der Waals surface area contributed by atoms with Gasteiger partial charge >= 0.3 is 11.8 Å². The van der Waals surface area contributed by atoms with Crippen molar-refractivity contribution < 1.29 is 36.3 Å². The number of aliphatic hydroxyl groups is 1. The highest BCUT2D eigenvalue weighted by atomic mass is 32.3. The number of rotatable bonds is 30. The fourth-order valence-electron chi connectivity index (χ4n) is 5.61. The van der Waals surface area contributed by atoms with Gasteiger partial charge in [0, 0.05) is 6.92 Å². The Morgan fingerprint density at radius 2 is 0.778 bits per heavy atom. The lowest BCUT2D eigenvalue weighted by Gasteiger charge is -2.31. The molecule has 1 atom stereocenters. The Labute approximate surface area is 279 Å². The van der Waals surface area contributed by atoms with Crippen molar-refractivity contribution in [3.8, 4) is 0 Å². The number of amides is 2. The van der Waals surface area contributed by atoms with Gasteiger partial charge in [-0.05, 0) is 12.8 Å². The molecule has 1 unspecified atom stereocenters. The summed E-state index contributed by atoms with van der Waals surface area (Å²) in [5, 5.41) is 10.4. The number of quaternary nitrogens is 1. The first-order valence-electron chi connectivity index (χ1n) is 18.6. The van der Waals surface area contributed by atoms with Crippen LogP contribution in [0.1, 0.15) is 201 Å². The highest BCUT2D eigenvalue weighted by Crippen LogP contribution is 2.20. The molecule has 0 aromatic heterocycles. The number of aliphatic hydroxyl groups excluding tert-OH is 1. The van der Waals surface area contributed by atoms with Crippen LogP contribution in [-0.4, -0.2) is 54.8 Å². The molecule has 0 saturated heterocycles. The highest BCUT2D eigenvalue weighted by Gasteiger charge is 2.43. The first-order chi connectivity index (χ1) is 21.5. The second-order valence-corrected chi connectivity index (χ2v) is 14.2. The minimum atomic E-state index is -4.41. The van der Waals surface area contributed by atoms with Gasteiger partial charge in [0.25, 0.3) is 0 Å². The van der Waals surface area contributed by atoms with Crippen LogP contribution in [-0.2, 0) is 24.2 Å². The zero-order chi connectivity index (χ0) is 34.2. The Morgan fingerprint density at radius 3 is 0.956 bits per heavy atom. The average Bonchev–Trinajstić information content (AvgIpc) is 3.00. The Kier molecular flexibility index (Phi) is 32.6. The zero-order valence-corrected chi connectivity index (χ0v) is 30.9. The molecule has 0 heterocycles. The standard InChI is InChI=1S/C35H70NO3.CH4O4S/c1-5-7-9-11-13-15-17-19-21-23-25-27-29-31-34(38)36(4,33(3)37)35(39)32-30-28-26-24-22-20-18-16-14-12-10-8-6-2;1-5-6(2,3)4/h33,37H,5-32H2,1-4H3;1H3,(H,2,3,4)/q+1;/p-1. The van der Waals surface area contributed by atoms with Crippen LogP contribution < -0.4 is 0 Å². The molecule has 8 nitrogen and oxygen atoms in total. The van der Waals surface area contributed by atoms with Gasteiger partial charge in [-0.15, -0.1) is 0 Å². The molecule has 0 saturated carbocycles. The van der Waals surface area contributed by atoms with Crippen LogP contribution in [0.3, 0.4) is 0 Å². The first kappa shape index (κ1) is 46.2. The lowest BCUT2D eigenvalue weighted by Crippen LogP contribution is -2.59. The summed E-state index contributed by atoms with van der Waals surface area (Å²) >= 11 is 0. The maximum atomic E-state index is 13.0. The second-order valence-electron chi connectivity index (χ2n) is 13.1. The van der Waals surface area contributed by atoms with Crippen LogP contribution in [0.4, 0.5) is 0 Å². The summed E-state index contributed by atoms with van der Waals surface area (Å²) in [6.07, 6.45) is 32.8. The van der Waals surface area contributed by atoms with E-state index in [4.69, 9.17) is 0 Å². The van der Waals surface area contributed by atoms with E-state index >= 15 is 0 Å². The van der Waals surface area contributed by atoms with E-state index in [2.05, 4.69) is 18.0 Å². The maximum Gasteiger partial charge on any atom is 0.323 e. The minimum absolute atomic E-state index is 0.118. The minimum Gasteiger partial charge on any atom is -0.726 e. The van der Waals surface area contributed by atoms with Gasteiger partial charge in [0.15, 0.2) is 0 Å². The van der Waals surface area contributed by atoms with E-state index in [1.54, 1.807) is 14.0 Å². The monoisotopic (exact) mass is 664 g/mol. The van der Waals surface area contributed by atoms with E-state index in [1.807, 2.05) is 0 Å². The van der Waals surface area contributed by atoms with E-state index in [-0.39, 0.29) is 11.8 Å². The Hall–Kier alpha value is -0.870. The fraction of sp³-hybridized carbons (Fsp3) is 0.944. The quantitative estimate of drug-likeness (QED) is 0.0267. The number of carbonyl (C=O) groups is 2. The molecule has 0 spiro atoms. The molecule has 0 radical (unpaired) electrons. The number of unbranched alkanes of at least 4 members (excludes halogenated alkanes) is 24. The van der Waals surface area contributed by atoms with Crippen molar-refractivity contribution in [1.29, 1.82) is 0 Å². The summed E-state index contributed by atoms with van der Waals surface area (Å²) in [5.41, 5.74) is 0. The van der Waals surface area contributed by atoms with Gasteiger partial charge in [-0.25, -0.2) is 18.0 Å². The van der Waals surface area contributed by atoms with Gasteiger partial charge < -0.3 is 9.66 Å². The molecule has 0 aromatic carbocycles. The Balaban J connectivity index is 0. The zero-order valence-electron chi connectivity index (χ0n) is 30.1. The first-order valence-corrected chi connectivity index (χ1v) is 19.9. The van der Waals surface area contributed by atoms with Crippen LogP contribution >= 0.6 is 0 Å². The van der Waals surface area contributed by atoms with Crippen LogP contribution in [0.2, 0.25) is 0 Å². The van der Waals surface area contributed by atoms with Crippen molar-refractivity contribution in [2.24, 2.45) is 0 Å². The molecule has 270 valence electrons. The van der Waals surface area contributed by atoms with Crippen molar-refractivity contribution in [2.45, 2.75) is 207 Å². The van der Waals surface area contributed by atoms with Gasteiger partial charge in [0.1, 0.15) is 0 Å². The Bertz CT molecular complexity index is 744. The van der Waals surface area contributed by atoms with Crippen molar-refractivity contribution in [1.82, 2.24) is 0 Å². The molecule has 1 N–H and O–H groups in total. The summed E-state index contributed by atoms with van der Waals surface area (Å²) in [6.45, 7) is 6.12. The van der Waals surface area contributed by atoms with Crippen molar-refractivity contribution in [2.75, 3.05) is 14.2 Å². The third-order valence-corrected chi connectivity index (χ3v) is 9.38. The van der Waals surface area contributed by atoms with Crippen LogP contribution in [0, 0.1) is 0 Å². The van der Waals surface area contributed by atoms with E-state index in [9.17, 15) is 27.7 Å². The second kappa shape index (κ2) is 31.7. The summed E-state index contributed by atoms with van der Waals surface area (Å²) in [5.74, 6) is -0.236. The number of carbonyl (C=O) groups excluding carboxylic acids is 2. The summed E-state index contributed by atoms with van der Waals surface area (Å²) in [4.78, 5) is 25.9. The average molecular weight is 664 g/mol. The van der Waals surface area contributed by atoms with E-state index in [1.165, 1.54) is 128 Å². The SMILES string of the molecule is CCCCCCCCCCCCCCCC(=O)[N+](C)(C(=O)CCCCCCCCCCCCCCC)C(C)O.COS(=O)(=O)[O-]. The highest BCUT2D eigenvalue weighted by molar-refractivity contribution is 7.80. The molecule has 0 aromatic rings. The van der Waals surface area contributed by atoms with Gasteiger partial charge in [-0.1, -0.05) is 168 Å². The fourth-order valence-corrected chi connectivity index (χ4v) is 5.61. The number of hydrogen-bond acceptors (Lipinski definition) is 7. The van der Waals surface area contributed by atoms with Crippen molar-refractivity contribution >= 4 is 22.2 Å². The predicted molar refractivity (Wildman–Crippen MR) is 185 cm³/mol. The van der Waals surface area contributed by atoms with Crippen LogP contribution in [0.5, 0.6) is 0 Å². The van der Waals surface area contributed by atoms with E-state index in [0.29, 0.717) is 12.8 Å². The molecule has 9 heteroatoms. The molecule has 0 aliphatic heterocycles. The van der Waals surface area contributed by atoms with Gasteiger partial charge in [0.2, 0.25) is 16.6 Å². The van der Waals surface area contributed by atoms with Crippen LogP contribution in [0.15, 0.2) is 0 Å². The van der Waals surface area contributed by atoms with Gasteiger partial charge in [-0.2, -0.15) is 4.48 Å². The predicted octanol–water partition coefficient (Wildman–Crippen LogP) is 9.88. The summed E-state index contributed by atoms with van der Waals surface area (Å²) in [6, 6.07) is 0. The summed E-state index contributed by atoms with van der Waals surface area (Å²) < 4.78 is 30.6. The van der Waals surface area contributed by atoms with E-state index in [0.717, 1.165) is 45.6 Å². The molecule has 0 rings (SSSR count). The number of nitrogens with zero attached hydrogens (tertiary/aromatic N) is 1. The van der Waals surface area contributed by atoms with Gasteiger partial charge in [0.05, 0.1) is 27.0 Å². The topological polar surface area (TPSA) is 121 Å². The maximum absolute atomic E-state index is 13.0. The molecule has 2 amide bonds. The molecule has 0 aliphatic carbocycles.